The number of benzene rings is 1. The van der Waals surface area contributed by atoms with Gasteiger partial charge in [-0.05, 0) is 13.0 Å². The molecule has 4 heteroatoms. The van der Waals surface area contributed by atoms with E-state index in [0.29, 0.717) is 0 Å². The normalized spacial score (nSPS) is 13.1. The molecule has 0 aliphatic rings. The Labute approximate surface area is 83.8 Å². The predicted octanol–water partition coefficient (Wildman–Crippen LogP) is 1.23. The van der Waals surface area contributed by atoms with Crippen molar-refractivity contribution in [3.05, 3.63) is 23.8 Å². The fourth-order valence-electron chi connectivity index (χ4n) is 1.36. The van der Waals surface area contributed by atoms with E-state index in [0.717, 1.165) is 5.56 Å². The van der Waals surface area contributed by atoms with Gasteiger partial charge in [0.05, 0.1) is 0 Å². The molecule has 0 fully saturated rings. The van der Waals surface area contributed by atoms with Crippen molar-refractivity contribution in [2.75, 3.05) is 14.1 Å². The molecule has 0 saturated carbocycles. The van der Waals surface area contributed by atoms with Crippen LogP contribution in [0.5, 0.6) is 11.5 Å². The maximum absolute atomic E-state index is 9.56. The molecule has 1 atom stereocenters. The zero-order valence-electron chi connectivity index (χ0n) is 8.65. The van der Waals surface area contributed by atoms with Crippen molar-refractivity contribution >= 4 is 0 Å². The fourth-order valence-corrected chi connectivity index (χ4v) is 1.36. The number of aromatic hydroxyl groups is 2. The van der Waals surface area contributed by atoms with Crippen molar-refractivity contribution in [1.82, 2.24) is 10.4 Å². The van der Waals surface area contributed by atoms with Crippen LogP contribution < -0.4 is 5.43 Å². The first-order valence-electron chi connectivity index (χ1n) is 4.46. The van der Waals surface area contributed by atoms with Crippen LogP contribution in [0.15, 0.2) is 18.2 Å². The van der Waals surface area contributed by atoms with E-state index < -0.39 is 0 Å². The smallest absolute Gasteiger partial charge is 0.124 e. The largest absolute Gasteiger partial charge is 0.508 e. The fraction of sp³-hybridized carbons (Fsp3) is 0.400. The summed E-state index contributed by atoms with van der Waals surface area (Å²) in [5.41, 5.74) is 3.87. The maximum atomic E-state index is 9.56. The van der Waals surface area contributed by atoms with E-state index in [2.05, 4.69) is 5.43 Å². The molecule has 0 amide bonds. The molecule has 0 aliphatic carbocycles. The molecule has 0 saturated heterocycles. The van der Waals surface area contributed by atoms with Crippen molar-refractivity contribution in [3.8, 4) is 11.5 Å². The molecule has 78 valence electrons. The Morgan fingerprint density at radius 3 is 2.43 bits per heavy atom. The van der Waals surface area contributed by atoms with Gasteiger partial charge in [-0.15, -0.1) is 0 Å². The second kappa shape index (κ2) is 4.30. The molecule has 3 N–H and O–H groups in total. The summed E-state index contributed by atoms with van der Waals surface area (Å²) in [6.07, 6.45) is 0. The number of hydrazine groups is 1. The van der Waals surface area contributed by atoms with E-state index >= 15 is 0 Å². The van der Waals surface area contributed by atoms with Crippen LogP contribution in [0.3, 0.4) is 0 Å². The van der Waals surface area contributed by atoms with Gasteiger partial charge >= 0.3 is 0 Å². The molecular weight excluding hydrogens is 180 g/mol. The number of phenolic OH excluding ortho intramolecular Hbond substituents is 2. The third-order valence-electron chi connectivity index (χ3n) is 1.93. The Kier molecular flexibility index (Phi) is 3.33. The number of hydrogen-bond acceptors (Lipinski definition) is 4. The minimum atomic E-state index is 0.00519. The van der Waals surface area contributed by atoms with Crippen LogP contribution in [0.4, 0.5) is 0 Å². The van der Waals surface area contributed by atoms with Crippen molar-refractivity contribution in [1.29, 1.82) is 0 Å². The van der Waals surface area contributed by atoms with E-state index in [1.165, 1.54) is 6.07 Å². The van der Waals surface area contributed by atoms with Crippen LogP contribution in [0.1, 0.15) is 18.5 Å². The Morgan fingerprint density at radius 1 is 1.29 bits per heavy atom. The molecule has 0 spiro atoms. The van der Waals surface area contributed by atoms with Gasteiger partial charge in [-0.3, -0.25) is 5.01 Å². The zero-order valence-corrected chi connectivity index (χ0v) is 8.65. The van der Waals surface area contributed by atoms with Crippen LogP contribution >= 0.6 is 0 Å². The zero-order chi connectivity index (χ0) is 10.7. The maximum Gasteiger partial charge on any atom is 0.124 e. The highest BCUT2D eigenvalue weighted by molar-refractivity contribution is 5.40. The number of phenols is 2. The minimum absolute atomic E-state index is 0.00519. The first-order chi connectivity index (χ1) is 6.50. The lowest BCUT2D eigenvalue weighted by Crippen LogP contribution is -2.32. The molecule has 1 rings (SSSR count). The summed E-state index contributed by atoms with van der Waals surface area (Å²) in [7, 11) is 3.77. The molecule has 0 heterocycles. The lowest BCUT2D eigenvalue weighted by molar-refractivity contribution is 0.249. The van der Waals surface area contributed by atoms with Gasteiger partial charge in [0.25, 0.3) is 0 Å². The van der Waals surface area contributed by atoms with Crippen LogP contribution in [-0.4, -0.2) is 29.3 Å². The van der Waals surface area contributed by atoms with E-state index in [9.17, 15) is 5.11 Å². The van der Waals surface area contributed by atoms with Gasteiger partial charge in [-0.1, -0.05) is 6.07 Å². The van der Waals surface area contributed by atoms with Crippen LogP contribution in [-0.2, 0) is 0 Å². The van der Waals surface area contributed by atoms with E-state index in [1.807, 2.05) is 26.0 Å². The van der Waals surface area contributed by atoms with Crippen LogP contribution in [0, 0.1) is 0 Å². The van der Waals surface area contributed by atoms with Crippen LogP contribution in [0.2, 0.25) is 0 Å². The second-order valence-corrected chi connectivity index (χ2v) is 3.49. The quantitative estimate of drug-likeness (QED) is 0.636. The average Bonchev–Trinajstić information content (AvgIpc) is 2.01. The first kappa shape index (κ1) is 10.8. The molecule has 1 aromatic rings. The van der Waals surface area contributed by atoms with Crippen molar-refractivity contribution in [3.63, 3.8) is 0 Å². The summed E-state index contributed by atoms with van der Waals surface area (Å²) < 4.78 is 0. The molecule has 14 heavy (non-hydrogen) atoms. The first-order valence-corrected chi connectivity index (χ1v) is 4.46. The average molecular weight is 196 g/mol. The topological polar surface area (TPSA) is 55.7 Å². The van der Waals surface area contributed by atoms with E-state index in [4.69, 9.17) is 5.11 Å². The van der Waals surface area contributed by atoms with Crippen molar-refractivity contribution in [2.45, 2.75) is 13.0 Å². The molecule has 0 bridgehead atoms. The van der Waals surface area contributed by atoms with Crippen molar-refractivity contribution < 1.29 is 10.2 Å². The number of rotatable bonds is 3. The summed E-state index contributed by atoms with van der Waals surface area (Å²) in [5.74, 6) is 0.176. The lowest BCUT2D eigenvalue weighted by atomic mass is 10.1. The van der Waals surface area contributed by atoms with Gasteiger partial charge < -0.3 is 10.2 Å². The van der Waals surface area contributed by atoms with Gasteiger partial charge in [0, 0.05) is 31.8 Å². The number of nitrogens with one attached hydrogen (secondary N) is 1. The molecule has 1 aromatic carbocycles. The summed E-state index contributed by atoms with van der Waals surface area (Å²) in [4.78, 5) is 0. The van der Waals surface area contributed by atoms with E-state index in [-0.39, 0.29) is 17.5 Å². The molecule has 1 unspecified atom stereocenters. The highest BCUT2D eigenvalue weighted by Gasteiger charge is 2.10. The predicted molar refractivity (Wildman–Crippen MR) is 55.0 cm³/mol. The summed E-state index contributed by atoms with van der Waals surface area (Å²) in [5, 5.41) is 20.5. The van der Waals surface area contributed by atoms with Crippen molar-refractivity contribution in [2.24, 2.45) is 0 Å². The third kappa shape index (κ3) is 2.61. The second-order valence-electron chi connectivity index (χ2n) is 3.49. The Hall–Kier alpha value is -1.26. The lowest BCUT2D eigenvalue weighted by Gasteiger charge is -2.20. The Balaban J connectivity index is 2.84. The molecule has 4 nitrogen and oxygen atoms in total. The molecule has 0 aliphatic heterocycles. The minimum Gasteiger partial charge on any atom is -0.508 e. The van der Waals surface area contributed by atoms with Gasteiger partial charge in [0.15, 0.2) is 0 Å². The molecule has 0 aromatic heterocycles. The standard InChI is InChI=1S/C10H16N2O2/c1-7(11-12(2)3)9-5-4-8(13)6-10(9)14/h4-7,11,13-14H,1-3H3. The third-order valence-corrected chi connectivity index (χ3v) is 1.93. The number of nitrogens with zero attached hydrogens (tertiary/aromatic N) is 1. The monoisotopic (exact) mass is 196 g/mol. The Morgan fingerprint density at radius 2 is 1.93 bits per heavy atom. The number of hydrogen-bond donors (Lipinski definition) is 3. The summed E-state index contributed by atoms with van der Waals surface area (Å²) >= 11 is 0. The van der Waals surface area contributed by atoms with E-state index in [1.54, 1.807) is 12.1 Å². The summed E-state index contributed by atoms with van der Waals surface area (Å²) in [6.45, 7) is 1.94. The molecule has 0 radical (unpaired) electrons. The van der Waals surface area contributed by atoms with Gasteiger partial charge in [-0.2, -0.15) is 0 Å². The van der Waals surface area contributed by atoms with Crippen LogP contribution in [0.25, 0.3) is 0 Å². The van der Waals surface area contributed by atoms with Gasteiger partial charge in [0.1, 0.15) is 11.5 Å². The van der Waals surface area contributed by atoms with Gasteiger partial charge in [-0.25, -0.2) is 5.43 Å². The molecular formula is C10H16N2O2. The SMILES string of the molecule is CC(NN(C)C)c1ccc(O)cc1O. The Bertz CT molecular complexity index is 313. The highest BCUT2D eigenvalue weighted by atomic mass is 16.3. The summed E-state index contributed by atoms with van der Waals surface area (Å²) in [6, 6.07) is 4.60. The van der Waals surface area contributed by atoms with Gasteiger partial charge in [0.2, 0.25) is 0 Å². The highest BCUT2D eigenvalue weighted by Crippen LogP contribution is 2.27.